The summed E-state index contributed by atoms with van der Waals surface area (Å²) < 4.78 is 0. The van der Waals surface area contributed by atoms with Crippen LogP contribution in [-0.2, 0) is 9.59 Å². The first-order valence-electron chi connectivity index (χ1n) is 6.49. The second-order valence-corrected chi connectivity index (χ2v) is 4.89. The van der Waals surface area contributed by atoms with Gasteiger partial charge in [0.15, 0.2) is 0 Å². The molecule has 1 unspecified atom stereocenters. The highest BCUT2D eigenvalue weighted by Gasteiger charge is 2.30. The van der Waals surface area contributed by atoms with Crippen LogP contribution in [0.1, 0.15) is 32.1 Å². The molecule has 96 valence electrons. The summed E-state index contributed by atoms with van der Waals surface area (Å²) in [6.45, 7) is 2.30. The average molecular weight is 239 g/mol. The number of rotatable bonds is 3. The number of carbonyl (C=O) groups excluding carboxylic acids is 2. The zero-order valence-electron chi connectivity index (χ0n) is 10.2. The standard InChI is InChI=1S/C12H21N3O2/c13-8-10-4-3-7-15(10)12(17)9-14-6-2-1-5-11(14)16/h10H,1-9,13H2. The van der Waals surface area contributed by atoms with E-state index in [1.807, 2.05) is 4.90 Å². The van der Waals surface area contributed by atoms with Gasteiger partial charge in [0.2, 0.25) is 11.8 Å². The number of nitrogens with zero attached hydrogens (tertiary/aromatic N) is 2. The minimum absolute atomic E-state index is 0.0631. The third-order valence-electron chi connectivity index (χ3n) is 3.72. The van der Waals surface area contributed by atoms with Gasteiger partial charge >= 0.3 is 0 Å². The molecule has 0 bridgehead atoms. The van der Waals surface area contributed by atoms with Crippen LogP contribution in [0.4, 0.5) is 0 Å². The minimum Gasteiger partial charge on any atom is -0.337 e. The van der Waals surface area contributed by atoms with Crippen molar-refractivity contribution in [3.05, 3.63) is 0 Å². The molecule has 0 aromatic heterocycles. The number of hydrogen-bond acceptors (Lipinski definition) is 3. The van der Waals surface area contributed by atoms with Gasteiger partial charge in [0, 0.05) is 32.1 Å². The highest BCUT2D eigenvalue weighted by molar-refractivity contribution is 5.85. The highest BCUT2D eigenvalue weighted by atomic mass is 16.2. The average Bonchev–Trinajstić information content (AvgIpc) is 2.80. The molecule has 0 radical (unpaired) electrons. The Hall–Kier alpha value is -1.10. The molecule has 0 aromatic carbocycles. The molecule has 2 rings (SSSR count). The van der Waals surface area contributed by atoms with E-state index in [1.165, 1.54) is 0 Å². The van der Waals surface area contributed by atoms with Crippen molar-refractivity contribution in [1.29, 1.82) is 0 Å². The van der Waals surface area contributed by atoms with Crippen LogP contribution in [0.15, 0.2) is 0 Å². The zero-order valence-corrected chi connectivity index (χ0v) is 10.2. The summed E-state index contributed by atoms with van der Waals surface area (Å²) in [7, 11) is 0. The molecule has 0 spiro atoms. The third-order valence-corrected chi connectivity index (χ3v) is 3.72. The van der Waals surface area contributed by atoms with Crippen molar-refractivity contribution in [1.82, 2.24) is 9.80 Å². The second kappa shape index (κ2) is 5.49. The van der Waals surface area contributed by atoms with Gasteiger partial charge < -0.3 is 15.5 Å². The number of piperidine rings is 1. The Morgan fingerprint density at radius 3 is 2.82 bits per heavy atom. The molecule has 5 heteroatoms. The number of amides is 2. The molecule has 2 fully saturated rings. The molecular formula is C12H21N3O2. The van der Waals surface area contributed by atoms with Crippen LogP contribution in [0.3, 0.4) is 0 Å². The maximum Gasteiger partial charge on any atom is 0.242 e. The van der Waals surface area contributed by atoms with Crippen LogP contribution in [0.25, 0.3) is 0 Å². The van der Waals surface area contributed by atoms with E-state index in [4.69, 9.17) is 5.73 Å². The lowest BCUT2D eigenvalue weighted by Gasteiger charge is -2.30. The van der Waals surface area contributed by atoms with E-state index in [1.54, 1.807) is 4.90 Å². The van der Waals surface area contributed by atoms with Crippen molar-refractivity contribution in [2.75, 3.05) is 26.2 Å². The summed E-state index contributed by atoms with van der Waals surface area (Å²) in [5.41, 5.74) is 5.65. The smallest absolute Gasteiger partial charge is 0.242 e. The van der Waals surface area contributed by atoms with Gasteiger partial charge in [-0.2, -0.15) is 0 Å². The molecule has 2 aliphatic rings. The number of likely N-dealkylation sites (tertiary alicyclic amines) is 2. The van der Waals surface area contributed by atoms with Gasteiger partial charge in [0.25, 0.3) is 0 Å². The molecule has 2 heterocycles. The Labute approximate surface area is 102 Å². The third kappa shape index (κ3) is 2.77. The molecule has 2 aliphatic heterocycles. The SMILES string of the molecule is NCC1CCCN1C(=O)CN1CCCCC1=O. The second-order valence-electron chi connectivity index (χ2n) is 4.89. The Bertz CT molecular complexity index is 306. The van der Waals surface area contributed by atoms with E-state index < -0.39 is 0 Å². The summed E-state index contributed by atoms with van der Waals surface area (Å²) in [4.78, 5) is 27.3. The fourth-order valence-electron chi connectivity index (χ4n) is 2.69. The van der Waals surface area contributed by atoms with E-state index >= 15 is 0 Å². The van der Waals surface area contributed by atoms with Gasteiger partial charge in [-0.3, -0.25) is 9.59 Å². The first-order chi connectivity index (χ1) is 8.22. The summed E-state index contributed by atoms with van der Waals surface area (Å²) in [5, 5.41) is 0. The quantitative estimate of drug-likeness (QED) is 0.751. The van der Waals surface area contributed by atoms with E-state index in [0.29, 0.717) is 13.0 Å². The van der Waals surface area contributed by atoms with Crippen LogP contribution in [0, 0.1) is 0 Å². The van der Waals surface area contributed by atoms with Crippen LogP contribution in [0.5, 0.6) is 0 Å². The van der Waals surface area contributed by atoms with Crippen molar-refractivity contribution in [2.24, 2.45) is 5.73 Å². The molecule has 2 N–H and O–H groups in total. The fraction of sp³-hybridized carbons (Fsp3) is 0.833. The Morgan fingerprint density at radius 1 is 1.29 bits per heavy atom. The van der Waals surface area contributed by atoms with Gasteiger partial charge in [0.05, 0.1) is 6.54 Å². The predicted octanol–water partition coefficient (Wildman–Crippen LogP) is -0.0514. The molecule has 0 saturated carbocycles. The normalized spacial score (nSPS) is 25.5. The molecule has 5 nitrogen and oxygen atoms in total. The van der Waals surface area contributed by atoms with Crippen LogP contribution >= 0.6 is 0 Å². The number of nitrogens with two attached hydrogens (primary N) is 1. The molecule has 1 atom stereocenters. The van der Waals surface area contributed by atoms with Crippen molar-refractivity contribution >= 4 is 11.8 Å². The summed E-state index contributed by atoms with van der Waals surface area (Å²) in [5.74, 6) is 0.182. The number of carbonyl (C=O) groups is 2. The maximum atomic E-state index is 12.1. The Morgan fingerprint density at radius 2 is 2.12 bits per heavy atom. The lowest BCUT2D eigenvalue weighted by Crippen LogP contribution is -2.47. The van der Waals surface area contributed by atoms with E-state index in [2.05, 4.69) is 0 Å². The first kappa shape index (κ1) is 12.4. The van der Waals surface area contributed by atoms with Crippen molar-refractivity contribution in [3.8, 4) is 0 Å². The van der Waals surface area contributed by atoms with Crippen molar-refractivity contribution in [3.63, 3.8) is 0 Å². The van der Waals surface area contributed by atoms with Gasteiger partial charge in [0.1, 0.15) is 0 Å². The van der Waals surface area contributed by atoms with Gasteiger partial charge in [-0.15, -0.1) is 0 Å². The zero-order chi connectivity index (χ0) is 12.3. The Kier molecular flexibility index (Phi) is 3.99. The van der Waals surface area contributed by atoms with Gasteiger partial charge in [-0.05, 0) is 25.7 Å². The summed E-state index contributed by atoms with van der Waals surface area (Å²) in [6.07, 6.45) is 4.59. The minimum atomic E-state index is 0.0631. The van der Waals surface area contributed by atoms with Crippen molar-refractivity contribution < 1.29 is 9.59 Å². The molecule has 0 aromatic rings. The van der Waals surface area contributed by atoms with Crippen LogP contribution in [0.2, 0.25) is 0 Å². The lowest BCUT2D eigenvalue weighted by molar-refractivity contribution is -0.142. The van der Waals surface area contributed by atoms with E-state index in [-0.39, 0.29) is 24.4 Å². The topological polar surface area (TPSA) is 66.6 Å². The van der Waals surface area contributed by atoms with Crippen LogP contribution in [-0.4, -0.2) is 53.8 Å². The van der Waals surface area contributed by atoms with Crippen LogP contribution < -0.4 is 5.73 Å². The van der Waals surface area contributed by atoms with Gasteiger partial charge in [-0.1, -0.05) is 0 Å². The molecule has 17 heavy (non-hydrogen) atoms. The van der Waals surface area contributed by atoms with Crippen molar-refractivity contribution in [2.45, 2.75) is 38.1 Å². The number of hydrogen-bond donors (Lipinski definition) is 1. The highest BCUT2D eigenvalue weighted by Crippen LogP contribution is 2.17. The monoisotopic (exact) mass is 239 g/mol. The van der Waals surface area contributed by atoms with E-state index in [9.17, 15) is 9.59 Å². The summed E-state index contributed by atoms with van der Waals surface area (Å²) in [6, 6.07) is 0.183. The maximum absolute atomic E-state index is 12.1. The van der Waals surface area contributed by atoms with E-state index in [0.717, 1.165) is 38.8 Å². The first-order valence-corrected chi connectivity index (χ1v) is 6.49. The molecular weight excluding hydrogens is 218 g/mol. The fourth-order valence-corrected chi connectivity index (χ4v) is 2.69. The lowest BCUT2D eigenvalue weighted by atomic mass is 10.1. The molecule has 0 aliphatic carbocycles. The Balaban J connectivity index is 1.89. The van der Waals surface area contributed by atoms with Gasteiger partial charge in [-0.25, -0.2) is 0 Å². The molecule has 2 amide bonds. The molecule has 2 saturated heterocycles. The predicted molar refractivity (Wildman–Crippen MR) is 64.2 cm³/mol. The summed E-state index contributed by atoms with van der Waals surface area (Å²) >= 11 is 0. The largest absolute Gasteiger partial charge is 0.337 e.